The molecule has 2 N–H and O–H groups in total. The molecule has 1 fully saturated rings. The molecule has 104 valence electrons. The number of benzene rings is 1. The van der Waals surface area contributed by atoms with Gasteiger partial charge in [0, 0.05) is 38.6 Å². The lowest BCUT2D eigenvalue weighted by Crippen LogP contribution is -2.49. The Labute approximate surface area is 113 Å². The number of rotatable bonds is 6. The molecule has 1 aromatic rings. The van der Waals surface area contributed by atoms with Crippen molar-refractivity contribution in [1.82, 2.24) is 4.90 Å². The molecule has 0 bridgehead atoms. The van der Waals surface area contributed by atoms with Crippen LogP contribution in [0.15, 0.2) is 24.3 Å². The first kappa shape index (κ1) is 13.8. The number of hydrogen-bond donors (Lipinski definition) is 2. The van der Waals surface area contributed by atoms with Crippen molar-refractivity contribution in [2.45, 2.75) is 6.42 Å². The fourth-order valence-electron chi connectivity index (χ4n) is 2.20. The largest absolute Gasteiger partial charge is 0.495 e. The minimum atomic E-state index is -0.0167. The van der Waals surface area contributed by atoms with Crippen molar-refractivity contribution in [3.63, 3.8) is 0 Å². The number of nitrogens with one attached hydrogen (secondary N) is 1. The predicted octanol–water partition coefficient (Wildman–Crippen LogP) is 0.948. The Bertz CT molecular complexity index is 430. The molecule has 0 spiro atoms. The van der Waals surface area contributed by atoms with E-state index in [9.17, 15) is 4.79 Å². The van der Waals surface area contributed by atoms with Gasteiger partial charge in [-0.05, 0) is 12.1 Å². The molecule has 2 rings (SSSR count). The summed E-state index contributed by atoms with van der Waals surface area (Å²) in [5.74, 6) is 1.04. The van der Waals surface area contributed by atoms with Crippen LogP contribution in [0.25, 0.3) is 0 Å². The van der Waals surface area contributed by atoms with Crippen molar-refractivity contribution in [3.05, 3.63) is 24.3 Å². The molecule has 1 aromatic carbocycles. The first-order chi connectivity index (χ1) is 9.22. The summed E-state index contributed by atoms with van der Waals surface area (Å²) in [6.45, 7) is 2.75. The third-order valence-electron chi connectivity index (χ3n) is 3.33. The van der Waals surface area contributed by atoms with E-state index in [1.54, 1.807) is 7.11 Å². The van der Waals surface area contributed by atoms with Crippen LogP contribution in [0, 0.1) is 5.92 Å². The number of aliphatic hydroxyl groups is 1. The average Bonchev–Trinajstić information content (AvgIpc) is 2.38. The summed E-state index contributed by atoms with van der Waals surface area (Å²) in [4.78, 5) is 14.0. The summed E-state index contributed by atoms with van der Waals surface area (Å²) in [7, 11) is 1.58. The Hall–Kier alpha value is -1.59. The third-order valence-corrected chi connectivity index (χ3v) is 3.33. The molecule has 19 heavy (non-hydrogen) atoms. The normalized spacial score (nSPS) is 15.9. The van der Waals surface area contributed by atoms with Crippen LogP contribution >= 0.6 is 0 Å². The number of hydrogen-bond acceptors (Lipinski definition) is 4. The zero-order valence-corrected chi connectivity index (χ0v) is 11.1. The number of carbonyl (C=O) groups excluding carboxylic acids is 1. The van der Waals surface area contributed by atoms with Crippen molar-refractivity contribution in [3.8, 4) is 5.75 Å². The predicted molar refractivity (Wildman–Crippen MR) is 73.3 cm³/mol. The van der Waals surface area contributed by atoms with Gasteiger partial charge in [-0.15, -0.1) is 0 Å². The smallest absolute Gasteiger partial charge is 0.225 e. The Kier molecular flexibility index (Phi) is 4.76. The Balaban J connectivity index is 1.75. The summed E-state index contributed by atoms with van der Waals surface area (Å²) in [6.07, 6.45) is 0.455. The van der Waals surface area contributed by atoms with Crippen molar-refractivity contribution in [2.75, 3.05) is 38.7 Å². The number of nitrogens with zero attached hydrogens (tertiary/aromatic N) is 1. The van der Waals surface area contributed by atoms with Gasteiger partial charge in [-0.25, -0.2) is 0 Å². The van der Waals surface area contributed by atoms with Crippen molar-refractivity contribution in [1.29, 1.82) is 0 Å². The van der Waals surface area contributed by atoms with Crippen molar-refractivity contribution >= 4 is 11.6 Å². The second-order valence-electron chi connectivity index (χ2n) is 4.81. The van der Waals surface area contributed by atoms with E-state index in [1.165, 1.54) is 0 Å². The van der Waals surface area contributed by atoms with Gasteiger partial charge in [0.05, 0.1) is 12.8 Å². The zero-order chi connectivity index (χ0) is 13.7. The fraction of sp³-hybridized carbons (Fsp3) is 0.500. The molecule has 5 nitrogen and oxygen atoms in total. The van der Waals surface area contributed by atoms with Gasteiger partial charge < -0.3 is 20.1 Å². The van der Waals surface area contributed by atoms with Crippen LogP contribution < -0.4 is 10.1 Å². The fourth-order valence-corrected chi connectivity index (χ4v) is 2.20. The maximum absolute atomic E-state index is 11.8. The van der Waals surface area contributed by atoms with E-state index in [1.807, 2.05) is 24.3 Å². The molecule has 1 aliphatic heterocycles. The van der Waals surface area contributed by atoms with Crippen molar-refractivity contribution in [2.24, 2.45) is 5.92 Å². The lowest BCUT2D eigenvalue weighted by atomic mass is 10.0. The number of anilines is 1. The third kappa shape index (κ3) is 3.68. The van der Waals surface area contributed by atoms with Gasteiger partial charge in [-0.2, -0.15) is 0 Å². The number of ether oxygens (including phenoxy) is 1. The highest BCUT2D eigenvalue weighted by Gasteiger charge is 2.25. The topological polar surface area (TPSA) is 61.8 Å². The van der Waals surface area contributed by atoms with E-state index in [0.717, 1.165) is 19.6 Å². The number of methoxy groups -OCH3 is 1. The van der Waals surface area contributed by atoms with Gasteiger partial charge in [0.2, 0.25) is 5.91 Å². The minimum absolute atomic E-state index is 0.0167. The Morgan fingerprint density at radius 2 is 2.21 bits per heavy atom. The first-order valence-corrected chi connectivity index (χ1v) is 6.49. The molecule has 1 aliphatic rings. The van der Waals surface area contributed by atoms with Crippen LogP contribution in [-0.2, 0) is 4.79 Å². The molecule has 0 unspecified atom stereocenters. The van der Waals surface area contributed by atoms with E-state index in [2.05, 4.69) is 10.2 Å². The highest BCUT2D eigenvalue weighted by molar-refractivity contribution is 5.92. The number of aliphatic hydroxyl groups excluding tert-OH is 1. The molecule has 0 aliphatic carbocycles. The van der Waals surface area contributed by atoms with E-state index in [4.69, 9.17) is 9.84 Å². The highest BCUT2D eigenvalue weighted by Crippen LogP contribution is 2.23. The Morgan fingerprint density at radius 3 is 2.89 bits per heavy atom. The zero-order valence-electron chi connectivity index (χ0n) is 11.1. The second-order valence-corrected chi connectivity index (χ2v) is 4.81. The Morgan fingerprint density at radius 1 is 1.47 bits per heavy atom. The molecule has 0 radical (unpaired) electrons. The molecular weight excluding hydrogens is 244 g/mol. The van der Waals surface area contributed by atoms with Gasteiger partial charge in [0.1, 0.15) is 5.75 Å². The number of likely N-dealkylation sites (tertiary alicyclic amines) is 1. The molecular formula is C14H20N2O3. The summed E-state index contributed by atoms with van der Waals surface area (Å²) in [6, 6.07) is 7.36. The summed E-state index contributed by atoms with van der Waals surface area (Å²) >= 11 is 0. The van der Waals surface area contributed by atoms with Crippen LogP contribution in [0.2, 0.25) is 0 Å². The lowest BCUT2D eigenvalue weighted by molar-refractivity contribution is -0.116. The monoisotopic (exact) mass is 264 g/mol. The van der Waals surface area contributed by atoms with E-state index in [-0.39, 0.29) is 12.5 Å². The highest BCUT2D eigenvalue weighted by atomic mass is 16.5. The maximum Gasteiger partial charge on any atom is 0.225 e. The summed E-state index contributed by atoms with van der Waals surface area (Å²) in [5.41, 5.74) is 0.701. The number of carbonyl (C=O) groups is 1. The molecule has 0 aromatic heterocycles. The van der Waals surface area contributed by atoms with Gasteiger partial charge in [-0.1, -0.05) is 12.1 Å². The lowest BCUT2D eigenvalue weighted by Gasteiger charge is -2.38. The van der Waals surface area contributed by atoms with E-state index < -0.39 is 0 Å². The summed E-state index contributed by atoms with van der Waals surface area (Å²) < 4.78 is 5.18. The molecule has 5 heteroatoms. The van der Waals surface area contributed by atoms with Crippen LogP contribution in [0.1, 0.15) is 6.42 Å². The van der Waals surface area contributed by atoms with Gasteiger partial charge in [-0.3, -0.25) is 4.79 Å². The van der Waals surface area contributed by atoms with Gasteiger partial charge >= 0.3 is 0 Å². The number of para-hydroxylation sites is 2. The summed E-state index contributed by atoms with van der Waals surface area (Å²) in [5, 5.41) is 11.8. The quantitative estimate of drug-likeness (QED) is 0.803. The second kappa shape index (κ2) is 6.54. The average molecular weight is 264 g/mol. The molecule has 1 amide bonds. The van der Waals surface area contributed by atoms with Crippen molar-refractivity contribution < 1.29 is 14.6 Å². The molecule has 0 saturated carbocycles. The van der Waals surface area contributed by atoms with Gasteiger partial charge in [0.25, 0.3) is 0 Å². The van der Waals surface area contributed by atoms with Crippen LogP contribution in [0.5, 0.6) is 5.75 Å². The molecule has 0 atom stereocenters. The standard InChI is InChI=1S/C14H20N2O3/c1-19-13-5-3-2-4-12(13)15-14(18)6-7-16-8-11(9-16)10-17/h2-5,11,17H,6-10H2,1H3,(H,15,18). The van der Waals surface area contributed by atoms with Crippen LogP contribution in [0.3, 0.4) is 0 Å². The van der Waals surface area contributed by atoms with E-state index >= 15 is 0 Å². The molecule has 1 heterocycles. The number of amides is 1. The van der Waals surface area contributed by atoms with E-state index in [0.29, 0.717) is 23.8 Å². The van der Waals surface area contributed by atoms with Crippen LogP contribution in [0.4, 0.5) is 5.69 Å². The molecule has 1 saturated heterocycles. The maximum atomic E-state index is 11.8. The van der Waals surface area contributed by atoms with Crippen LogP contribution in [-0.4, -0.2) is 49.3 Å². The first-order valence-electron chi connectivity index (χ1n) is 6.49. The van der Waals surface area contributed by atoms with Gasteiger partial charge in [0.15, 0.2) is 0 Å². The minimum Gasteiger partial charge on any atom is -0.495 e. The SMILES string of the molecule is COc1ccccc1NC(=O)CCN1CC(CO)C1.